The van der Waals surface area contributed by atoms with Gasteiger partial charge < -0.3 is 19.3 Å². The molecule has 0 bridgehead atoms. The van der Waals surface area contributed by atoms with Crippen molar-refractivity contribution in [3.8, 4) is 16.3 Å². The fourth-order valence-electron chi connectivity index (χ4n) is 4.26. The maximum absolute atomic E-state index is 13.2. The third-order valence-electron chi connectivity index (χ3n) is 6.15. The van der Waals surface area contributed by atoms with Crippen LogP contribution in [0.15, 0.2) is 41.5 Å². The summed E-state index contributed by atoms with van der Waals surface area (Å²) in [7, 11) is 1.60. The highest BCUT2D eigenvalue weighted by Gasteiger charge is 2.38. The summed E-state index contributed by atoms with van der Waals surface area (Å²) in [5, 5.41) is 11.2. The van der Waals surface area contributed by atoms with Crippen molar-refractivity contribution in [1.29, 1.82) is 0 Å². The summed E-state index contributed by atoms with van der Waals surface area (Å²) in [4.78, 5) is 33.3. The molecule has 5 rings (SSSR count). The molecule has 9 heteroatoms. The van der Waals surface area contributed by atoms with Crippen molar-refractivity contribution in [2.75, 3.05) is 20.3 Å². The number of ether oxygens (including phenoxy) is 1. The van der Waals surface area contributed by atoms with E-state index >= 15 is 0 Å². The van der Waals surface area contributed by atoms with Crippen molar-refractivity contribution in [3.05, 3.63) is 68.8 Å². The van der Waals surface area contributed by atoms with Gasteiger partial charge in [0.1, 0.15) is 10.8 Å². The number of aromatic nitrogens is 2. The number of aromatic hydroxyl groups is 1. The van der Waals surface area contributed by atoms with Crippen LogP contribution in [-0.2, 0) is 17.7 Å². The van der Waals surface area contributed by atoms with Gasteiger partial charge in [0, 0.05) is 43.9 Å². The fourth-order valence-corrected chi connectivity index (χ4v) is 5.21. The highest BCUT2D eigenvalue weighted by atomic mass is 32.1. The summed E-state index contributed by atoms with van der Waals surface area (Å²) < 4.78 is 20.2. The van der Waals surface area contributed by atoms with Crippen LogP contribution in [0, 0.1) is 11.7 Å². The molecule has 1 aromatic carbocycles. The fraction of sp³-hybridized carbons (Fsp3) is 0.375. The topological polar surface area (TPSA) is 84.7 Å². The number of halogens is 1. The van der Waals surface area contributed by atoms with E-state index in [1.807, 2.05) is 0 Å². The number of thiazole rings is 1. The minimum absolute atomic E-state index is 0.0276. The predicted molar refractivity (Wildman–Crippen MR) is 122 cm³/mol. The first-order valence-electron chi connectivity index (χ1n) is 10.9. The van der Waals surface area contributed by atoms with Gasteiger partial charge in [-0.1, -0.05) is 12.1 Å². The van der Waals surface area contributed by atoms with Gasteiger partial charge in [-0.2, -0.15) is 0 Å². The van der Waals surface area contributed by atoms with Crippen LogP contribution in [0.25, 0.3) is 10.6 Å². The van der Waals surface area contributed by atoms with E-state index in [9.17, 15) is 19.1 Å². The second kappa shape index (κ2) is 8.72. The van der Waals surface area contributed by atoms with Gasteiger partial charge >= 0.3 is 0 Å². The Bertz CT molecular complexity index is 1250. The Labute approximate surface area is 194 Å². The zero-order valence-corrected chi connectivity index (χ0v) is 19.0. The second-order valence-corrected chi connectivity index (χ2v) is 9.78. The van der Waals surface area contributed by atoms with E-state index in [0.717, 1.165) is 23.3 Å². The first-order chi connectivity index (χ1) is 15.9. The first-order valence-corrected chi connectivity index (χ1v) is 11.7. The normalized spacial score (nSPS) is 17.9. The molecule has 0 saturated heterocycles. The molecule has 2 aromatic heterocycles. The largest absolute Gasteiger partial charge is 0.503 e. The number of pyridine rings is 1. The number of methoxy groups -OCH3 is 1. The number of fused-ring (bicyclic) bond motifs is 1. The van der Waals surface area contributed by atoms with E-state index in [4.69, 9.17) is 4.74 Å². The lowest BCUT2D eigenvalue weighted by Crippen LogP contribution is -2.51. The number of carbonyl (C=O) groups excluding carboxylic acids is 1. The lowest BCUT2D eigenvalue weighted by Gasteiger charge is -2.37. The van der Waals surface area contributed by atoms with Gasteiger partial charge in [0.15, 0.2) is 11.4 Å². The number of carbonyl (C=O) groups is 1. The van der Waals surface area contributed by atoms with Crippen molar-refractivity contribution in [2.45, 2.75) is 31.8 Å². The van der Waals surface area contributed by atoms with Gasteiger partial charge in [0.2, 0.25) is 5.43 Å². The number of hydrogen-bond donors (Lipinski definition) is 1. The summed E-state index contributed by atoms with van der Waals surface area (Å²) in [5.41, 5.74) is 0.611. The minimum Gasteiger partial charge on any atom is -0.503 e. The first kappa shape index (κ1) is 21.8. The SMILES string of the molecule is COC[C@@H]1Cn2cc(-c3ncc(Cc4ccc(F)cc4)s3)c(=O)c(O)c2C(=O)N1CC1CC1. The number of amides is 1. The van der Waals surface area contributed by atoms with E-state index < -0.39 is 11.2 Å². The van der Waals surface area contributed by atoms with Crippen molar-refractivity contribution >= 4 is 17.2 Å². The van der Waals surface area contributed by atoms with Gasteiger partial charge in [-0.05, 0) is 36.5 Å². The van der Waals surface area contributed by atoms with Gasteiger partial charge in [0.25, 0.3) is 5.91 Å². The molecule has 172 valence electrons. The van der Waals surface area contributed by atoms with Crippen molar-refractivity contribution in [3.63, 3.8) is 0 Å². The number of hydrogen-bond acceptors (Lipinski definition) is 6. The third-order valence-corrected chi connectivity index (χ3v) is 7.18. The van der Waals surface area contributed by atoms with Crippen LogP contribution in [0.1, 0.15) is 33.8 Å². The Balaban J connectivity index is 1.47. The van der Waals surface area contributed by atoms with Crippen LogP contribution < -0.4 is 5.43 Å². The molecule has 1 N–H and O–H groups in total. The summed E-state index contributed by atoms with van der Waals surface area (Å²) in [6, 6.07) is 6.07. The van der Waals surface area contributed by atoms with Crippen molar-refractivity contribution in [1.82, 2.24) is 14.5 Å². The highest BCUT2D eigenvalue weighted by molar-refractivity contribution is 7.15. The maximum atomic E-state index is 13.2. The zero-order chi connectivity index (χ0) is 23.1. The molecule has 1 aliphatic heterocycles. The average molecular weight is 470 g/mol. The number of benzene rings is 1. The average Bonchev–Trinajstić information content (AvgIpc) is 3.50. The molecule has 0 spiro atoms. The van der Waals surface area contributed by atoms with E-state index in [-0.39, 0.29) is 29.0 Å². The van der Waals surface area contributed by atoms with E-state index in [0.29, 0.717) is 37.0 Å². The molecular formula is C24H24FN3O4S. The molecule has 3 heterocycles. The predicted octanol–water partition coefficient (Wildman–Crippen LogP) is 3.29. The molecule has 2 aliphatic rings. The monoisotopic (exact) mass is 469 g/mol. The van der Waals surface area contributed by atoms with Crippen LogP contribution in [0.5, 0.6) is 5.75 Å². The molecule has 1 amide bonds. The molecule has 1 aliphatic carbocycles. The van der Waals surface area contributed by atoms with Crippen LogP contribution in [0.2, 0.25) is 0 Å². The molecule has 1 atom stereocenters. The molecule has 33 heavy (non-hydrogen) atoms. The Kier molecular flexibility index (Phi) is 5.76. The summed E-state index contributed by atoms with van der Waals surface area (Å²) in [5.74, 6) is -0.696. The minimum atomic E-state index is -0.603. The second-order valence-electron chi connectivity index (χ2n) is 8.67. The van der Waals surface area contributed by atoms with Gasteiger partial charge in [0.05, 0.1) is 18.2 Å². The number of nitrogens with zero attached hydrogens (tertiary/aromatic N) is 3. The Hall–Kier alpha value is -3.04. The van der Waals surface area contributed by atoms with Crippen molar-refractivity contribution in [2.24, 2.45) is 5.92 Å². The molecule has 1 saturated carbocycles. The molecule has 7 nitrogen and oxygen atoms in total. The Morgan fingerprint density at radius 1 is 1.24 bits per heavy atom. The summed E-state index contributed by atoms with van der Waals surface area (Å²) in [6.45, 7) is 1.41. The lowest BCUT2D eigenvalue weighted by molar-refractivity contribution is 0.0390. The maximum Gasteiger partial charge on any atom is 0.274 e. The van der Waals surface area contributed by atoms with Crippen LogP contribution >= 0.6 is 11.3 Å². The Morgan fingerprint density at radius 2 is 2.00 bits per heavy atom. The van der Waals surface area contributed by atoms with Crippen LogP contribution in [-0.4, -0.2) is 51.8 Å². The van der Waals surface area contributed by atoms with Gasteiger partial charge in [-0.25, -0.2) is 9.37 Å². The molecule has 1 fully saturated rings. The van der Waals surface area contributed by atoms with Gasteiger partial charge in [-0.15, -0.1) is 11.3 Å². The standard InChI is InChI=1S/C24H24FN3O4S/c1-32-13-17-11-27-12-19(21(29)22(30)20(27)24(31)28(17)10-15-2-3-15)23-26-9-18(33-23)8-14-4-6-16(25)7-5-14/h4-7,9,12,15,17,30H,2-3,8,10-11,13H2,1H3/t17-/m0/s1. The van der Waals surface area contributed by atoms with E-state index in [1.54, 1.807) is 41.1 Å². The smallest absolute Gasteiger partial charge is 0.274 e. The van der Waals surface area contributed by atoms with Gasteiger partial charge in [-0.3, -0.25) is 9.59 Å². The van der Waals surface area contributed by atoms with E-state index in [1.165, 1.54) is 23.5 Å². The molecule has 3 aromatic rings. The van der Waals surface area contributed by atoms with E-state index in [2.05, 4.69) is 4.98 Å². The molecular weight excluding hydrogens is 445 g/mol. The quantitative estimate of drug-likeness (QED) is 0.574. The van der Waals surface area contributed by atoms with Crippen LogP contribution in [0.4, 0.5) is 4.39 Å². The summed E-state index contributed by atoms with van der Waals surface area (Å²) in [6.07, 6.45) is 6.03. The number of rotatable bonds is 7. The molecule has 0 unspecified atom stereocenters. The van der Waals surface area contributed by atoms with Crippen molar-refractivity contribution < 1.29 is 19.0 Å². The third kappa shape index (κ3) is 4.30. The highest BCUT2D eigenvalue weighted by Crippen LogP contribution is 2.34. The lowest BCUT2D eigenvalue weighted by atomic mass is 10.1. The summed E-state index contributed by atoms with van der Waals surface area (Å²) >= 11 is 1.34. The van der Waals surface area contributed by atoms with Crippen LogP contribution in [0.3, 0.4) is 0 Å². The Morgan fingerprint density at radius 3 is 2.70 bits per heavy atom. The zero-order valence-electron chi connectivity index (χ0n) is 18.2. The molecule has 0 radical (unpaired) electrons.